The number of benzene rings is 1. The van der Waals surface area contributed by atoms with E-state index in [0.717, 1.165) is 25.2 Å². The first-order chi connectivity index (χ1) is 11.9. The van der Waals surface area contributed by atoms with Crippen molar-refractivity contribution in [3.05, 3.63) is 66.3 Å². The number of aromatic amines is 1. The zero-order valence-electron chi connectivity index (χ0n) is 14.0. The molecule has 24 heavy (non-hydrogen) atoms. The Labute approximate surface area is 142 Å². The van der Waals surface area contributed by atoms with Gasteiger partial charge in [-0.3, -0.25) is 4.90 Å². The van der Waals surface area contributed by atoms with E-state index < -0.39 is 0 Å². The number of hydrogen-bond donors (Lipinski definition) is 1. The largest absolute Gasteiger partial charge is 0.348 e. The fourth-order valence-electron chi connectivity index (χ4n) is 3.54. The van der Waals surface area contributed by atoms with Crippen LogP contribution in [0, 0.1) is 0 Å². The zero-order valence-corrected chi connectivity index (χ0v) is 14.0. The first-order valence-electron chi connectivity index (χ1n) is 8.71. The van der Waals surface area contributed by atoms with Gasteiger partial charge >= 0.3 is 0 Å². The molecular formula is C19H23N5. The molecule has 0 bridgehead atoms. The average molecular weight is 321 g/mol. The van der Waals surface area contributed by atoms with Gasteiger partial charge in [-0.25, -0.2) is 9.97 Å². The molecule has 0 fully saturated rings. The van der Waals surface area contributed by atoms with Crippen molar-refractivity contribution in [3.63, 3.8) is 0 Å². The Bertz CT molecular complexity index is 772. The van der Waals surface area contributed by atoms with Crippen molar-refractivity contribution in [3.8, 4) is 5.69 Å². The van der Waals surface area contributed by atoms with Crippen molar-refractivity contribution >= 4 is 0 Å². The van der Waals surface area contributed by atoms with Crippen LogP contribution in [-0.4, -0.2) is 37.5 Å². The summed E-state index contributed by atoms with van der Waals surface area (Å²) in [7, 11) is 0. The number of H-pyrrole nitrogens is 1. The van der Waals surface area contributed by atoms with Crippen molar-refractivity contribution in [2.75, 3.05) is 13.1 Å². The van der Waals surface area contributed by atoms with Gasteiger partial charge in [0.15, 0.2) is 0 Å². The number of nitrogens with zero attached hydrogens (tertiary/aromatic N) is 4. The topological polar surface area (TPSA) is 49.7 Å². The summed E-state index contributed by atoms with van der Waals surface area (Å²) in [4.78, 5) is 14.6. The Morgan fingerprint density at radius 3 is 2.88 bits per heavy atom. The predicted molar refractivity (Wildman–Crippen MR) is 94.2 cm³/mol. The summed E-state index contributed by atoms with van der Waals surface area (Å²) in [5.74, 6) is 0. The van der Waals surface area contributed by atoms with Crippen LogP contribution in [0.15, 0.2) is 49.3 Å². The smallest absolute Gasteiger partial charge is 0.0991 e. The molecule has 1 aromatic carbocycles. The lowest BCUT2D eigenvalue weighted by Gasteiger charge is -2.35. The number of fused-ring (bicyclic) bond motifs is 1. The monoisotopic (exact) mass is 321 g/mol. The highest BCUT2D eigenvalue weighted by atomic mass is 15.2. The van der Waals surface area contributed by atoms with E-state index in [2.05, 4.69) is 51.0 Å². The van der Waals surface area contributed by atoms with Crippen LogP contribution in [-0.2, 0) is 6.42 Å². The number of aromatic nitrogens is 4. The zero-order chi connectivity index (χ0) is 16.4. The molecule has 5 nitrogen and oxygen atoms in total. The van der Waals surface area contributed by atoms with E-state index in [0.29, 0.717) is 0 Å². The number of hydrogen-bond acceptors (Lipinski definition) is 3. The van der Waals surface area contributed by atoms with Crippen LogP contribution in [0.5, 0.6) is 0 Å². The van der Waals surface area contributed by atoms with Crippen LogP contribution < -0.4 is 0 Å². The number of unbranched alkanes of at least 4 members (excludes halogenated alkanes) is 1. The van der Waals surface area contributed by atoms with Crippen molar-refractivity contribution < 1.29 is 0 Å². The fraction of sp³-hybridized carbons (Fsp3) is 0.368. The minimum Gasteiger partial charge on any atom is -0.348 e. The highest BCUT2D eigenvalue weighted by molar-refractivity contribution is 5.39. The predicted octanol–water partition coefficient (Wildman–Crippen LogP) is 3.34. The van der Waals surface area contributed by atoms with Crippen molar-refractivity contribution in [2.45, 2.75) is 32.2 Å². The third-order valence-electron chi connectivity index (χ3n) is 4.84. The molecule has 0 saturated heterocycles. The number of imidazole rings is 2. The van der Waals surface area contributed by atoms with E-state index in [9.17, 15) is 0 Å². The molecule has 0 unspecified atom stereocenters. The Balaban J connectivity index is 1.66. The Hall–Kier alpha value is -2.40. The Morgan fingerprint density at radius 1 is 1.25 bits per heavy atom. The second-order valence-corrected chi connectivity index (χ2v) is 6.37. The first kappa shape index (κ1) is 15.1. The number of rotatable bonds is 5. The molecule has 124 valence electrons. The van der Waals surface area contributed by atoms with Gasteiger partial charge in [0.25, 0.3) is 0 Å². The molecule has 0 amide bonds. The molecule has 1 N–H and O–H groups in total. The van der Waals surface area contributed by atoms with Crippen LogP contribution in [0.3, 0.4) is 0 Å². The molecule has 3 heterocycles. The minimum absolute atomic E-state index is 0.253. The van der Waals surface area contributed by atoms with E-state index in [4.69, 9.17) is 0 Å². The summed E-state index contributed by atoms with van der Waals surface area (Å²) < 4.78 is 2.03. The lowest BCUT2D eigenvalue weighted by Crippen LogP contribution is -2.37. The van der Waals surface area contributed by atoms with Gasteiger partial charge in [0.05, 0.1) is 24.4 Å². The van der Waals surface area contributed by atoms with Gasteiger partial charge < -0.3 is 9.55 Å². The van der Waals surface area contributed by atoms with E-state index in [1.165, 1.54) is 29.8 Å². The molecule has 0 spiro atoms. The molecule has 0 saturated carbocycles. The van der Waals surface area contributed by atoms with E-state index in [1.54, 1.807) is 6.20 Å². The molecule has 5 heteroatoms. The maximum absolute atomic E-state index is 4.63. The molecular weight excluding hydrogens is 298 g/mol. The van der Waals surface area contributed by atoms with Crippen molar-refractivity contribution in [1.29, 1.82) is 0 Å². The van der Waals surface area contributed by atoms with Crippen LogP contribution in [0.4, 0.5) is 0 Å². The van der Waals surface area contributed by atoms with Gasteiger partial charge in [0.2, 0.25) is 0 Å². The standard InChI is InChI=1S/C19H23N5/c1-2-3-10-23-11-8-17-18(22-13-21-17)19(23)15-4-6-16(7-5-15)24-12-9-20-14-24/h4-7,9,12-14,19H,2-3,8,10-11H2,1H3,(H,21,22)/t19-/m1/s1. The van der Waals surface area contributed by atoms with Crippen LogP contribution in [0.2, 0.25) is 0 Å². The first-order valence-corrected chi connectivity index (χ1v) is 8.71. The van der Waals surface area contributed by atoms with Gasteiger partial charge in [-0.15, -0.1) is 0 Å². The minimum atomic E-state index is 0.253. The molecule has 3 aromatic rings. The number of nitrogens with one attached hydrogen (secondary N) is 1. The molecule has 1 atom stereocenters. The molecule has 0 radical (unpaired) electrons. The normalized spacial score (nSPS) is 17.8. The van der Waals surface area contributed by atoms with Gasteiger partial charge in [-0.05, 0) is 30.7 Å². The quantitative estimate of drug-likeness (QED) is 0.784. The molecule has 1 aliphatic rings. The fourth-order valence-corrected chi connectivity index (χ4v) is 3.54. The highest BCUT2D eigenvalue weighted by Crippen LogP contribution is 2.33. The van der Waals surface area contributed by atoms with Crippen LogP contribution in [0.1, 0.15) is 42.8 Å². The highest BCUT2D eigenvalue weighted by Gasteiger charge is 2.30. The summed E-state index contributed by atoms with van der Waals surface area (Å²) in [6.07, 6.45) is 10.9. The summed E-state index contributed by atoms with van der Waals surface area (Å²) in [6, 6.07) is 9.03. The van der Waals surface area contributed by atoms with Crippen molar-refractivity contribution in [2.24, 2.45) is 0 Å². The Kier molecular flexibility index (Phi) is 4.17. The molecule has 2 aromatic heterocycles. The van der Waals surface area contributed by atoms with Gasteiger partial charge in [0.1, 0.15) is 0 Å². The van der Waals surface area contributed by atoms with E-state index >= 15 is 0 Å². The summed E-state index contributed by atoms with van der Waals surface area (Å²) in [5.41, 5.74) is 4.91. The SMILES string of the molecule is CCCCN1CCc2[nH]cnc2[C@H]1c1ccc(-n2ccnc2)cc1. The Morgan fingerprint density at radius 2 is 2.12 bits per heavy atom. The van der Waals surface area contributed by atoms with Crippen LogP contribution >= 0.6 is 0 Å². The maximum atomic E-state index is 4.63. The van der Waals surface area contributed by atoms with Gasteiger partial charge in [0, 0.05) is 36.7 Å². The second-order valence-electron chi connectivity index (χ2n) is 6.37. The van der Waals surface area contributed by atoms with Gasteiger partial charge in [-0.2, -0.15) is 0 Å². The van der Waals surface area contributed by atoms with Gasteiger partial charge in [-0.1, -0.05) is 25.5 Å². The maximum Gasteiger partial charge on any atom is 0.0991 e. The van der Waals surface area contributed by atoms with E-state index in [1.807, 2.05) is 23.4 Å². The molecule has 4 rings (SSSR count). The third-order valence-corrected chi connectivity index (χ3v) is 4.84. The summed E-state index contributed by atoms with van der Waals surface area (Å²) in [6.45, 7) is 4.46. The van der Waals surface area contributed by atoms with Crippen molar-refractivity contribution in [1.82, 2.24) is 24.4 Å². The summed E-state index contributed by atoms with van der Waals surface area (Å²) >= 11 is 0. The molecule has 1 aliphatic heterocycles. The third kappa shape index (κ3) is 2.76. The van der Waals surface area contributed by atoms with E-state index in [-0.39, 0.29) is 6.04 Å². The lowest BCUT2D eigenvalue weighted by atomic mass is 9.95. The summed E-state index contributed by atoms with van der Waals surface area (Å²) in [5, 5.41) is 0. The average Bonchev–Trinajstić information content (AvgIpc) is 3.31. The molecule has 0 aliphatic carbocycles. The van der Waals surface area contributed by atoms with Crippen LogP contribution in [0.25, 0.3) is 5.69 Å². The lowest BCUT2D eigenvalue weighted by molar-refractivity contribution is 0.206. The second kappa shape index (κ2) is 6.61.